The fourth-order valence-corrected chi connectivity index (χ4v) is 1.96. The third-order valence-electron chi connectivity index (χ3n) is 3.13. The van der Waals surface area contributed by atoms with Crippen molar-refractivity contribution in [3.63, 3.8) is 0 Å². The van der Waals surface area contributed by atoms with E-state index in [2.05, 4.69) is 17.9 Å². The second-order valence-corrected chi connectivity index (χ2v) is 4.41. The largest absolute Gasteiger partial charge is 0.497 e. The van der Waals surface area contributed by atoms with Crippen LogP contribution in [0, 0.1) is 5.92 Å². The zero-order valence-electron chi connectivity index (χ0n) is 10.1. The van der Waals surface area contributed by atoms with Gasteiger partial charge in [0.05, 0.1) is 18.5 Å². The van der Waals surface area contributed by atoms with Crippen LogP contribution >= 0.6 is 0 Å². The maximum Gasteiger partial charge on any atom is 0.121 e. The SMILES string of the molecule is CCN(CC1CC1)c1ccc(OC)cc1N. The fraction of sp³-hybridized carbons (Fsp3) is 0.538. The Labute approximate surface area is 97.2 Å². The van der Waals surface area contributed by atoms with E-state index in [0.29, 0.717) is 0 Å². The Morgan fingerprint density at radius 2 is 2.19 bits per heavy atom. The molecule has 3 nitrogen and oxygen atoms in total. The molecule has 0 atom stereocenters. The molecule has 0 heterocycles. The molecule has 0 saturated heterocycles. The molecule has 1 aromatic rings. The van der Waals surface area contributed by atoms with E-state index in [9.17, 15) is 0 Å². The van der Waals surface area contributed by atoms with Gasteiger partial charge in [-0.3, -0.25) is 0 Å². The van der Waals surface area contributed by atoms with E-state index in [-0.39, 0.29) is 0 Å². The van der Waals surface area contributed by atoms with Gasteiger partial charge in [-0.1, -0.05) is 0 Å². The third kappa shape index (κ3) is 2.40. The summed E-state index contributed by atoms with van der Waals surface area (Å²) < 4.78 is 5.16. The molecule has 0 aliphatic heterocycles. The summed E-state index contributed by atoms with van der Waals surface area (Å²) in [6.45, 7) is 4.31. The highest BCUT2D eigenvalue weighted by Crippen LogP contribution is 2.34. The monoisotopic (exact) mass is 220 g/mol. The summed E-state index contributed by atoms with van der Waals surface area (Å²) in [7, 11) is 1.66. The van der Waals surface area contributed by atoms with Gasteiger partial charge in [0.25, 0.3) is 0 Å². The van der Waals surface area contributed by atoms with Crippen molar-refractivity contribution in [2.45, 2.75) is 19.8 Å². The molecule has 16 heavy (non-hydrogen) atoms. The first kappa shape index (κ1) is 11.1. The van der Waals surface area contributed by atoms with Crippen molar-refractivity contribution in [3.8, 4) is 5.75 Å². The molecule has 3 heteroatoms. The minimum atomic E-state index is 0.807. The summed E-state index contributed by atoms with van der Waals surface area (Å²) in [5.74, 6) is 1.70. The summed E-state index contributed by atoms with van der Waals surface area (Å²) in [6, 6.07) is 5.92. The number of rotatable bonds is 5. The lowest BCUT2D eigenvalue weighted by atomic mass is 10.2. The van der Waals surface area contributed by atoms with Crippen molar-refractivity contribution in [2.24, 2.45) is 5.92 Å². The molecule has 0 bridgehead atoms. The first-order valence-electron chi connectivity index (χ1n) is 5.93. The quantitative estimate of drug-likeness (QED) is 0.775. The Morgan fingerprint density at radius 1 is 1.44 bits per heavy atom. The first-order valence-corrected chi connectivity index (χ1v) is 5.93. The van der Waals surface area contributed by atoms with E-state index in [4.69, 9.17) is 10.5 Å². The number of ether oxygens (including phenoxy) is 1. The van der Waals surface area contributed by atoms with E-state index in [1.54, 1.807) is 7.11 Å². The molecule has 2 N–H and O–H groups in total. The molecule has 1 saturated carbocycles. The maximum absolute atomic E-state index is 6.05. The van der Waals surface area contributed by atoms with E-state index in [1.165, 1.54) is 12.8 Å². The van der Waals surface area contributed by atoms with Gasteiger partial charge < -0.3 is 15.4 Å². The number of methoxy groups -OCH3 is 1. The predicted octanol–water partition coefficient (Wildman–Crippen LogP) is 2.51. The van der Waals surface area contributed by atoms with Gasteiger partial charge in [-0.2, -0.15) is 0 Å². The average Bonchev–Trinajstić information content (AvgIpc) is 3.10. The Kier molecular flexibility index (Phi) is 3.22. The Bertz CT molecular complexity index is 361. The number of hydrogen-bond donors (Lipinski definition) is 1. The Hall–Kier alpha value is -1.38. The molecule has 0 aromatic heterocycles. The molecule has 0 unspecified atom stereocenters. The van der Waals surface area contributed by atoms with Gasteiger partial charge in [0.1, 0.15) is 5.75 Å². The smallest absolute Gasteiger partial charge is 0.121 e. The second-order valence-electron chi connectivity index (χ2n) is 4.41. The molecule has 0 radical (unpaired) electrons. The maximum atomic E-state index is 6.05. The predicted molar refractivity (Wildman–Crippen MR) is 68.0 cm³/mol. The van der Waals surface area contributed by atoms with E-state index >= 15 is 0 Å². The molecule has 0 amide bonds. The van der Waals surface area contributed by atoms with Crippen molar-refractivity contribution in [1.29, 1.82) is 0 Å². The van der Waals surface area contributed by atoms with Gasteiger partial charge >= 0.3 is 0 Å². The molecular weight excluding hydrogens is 200 g/mol. The highest BCUT2D eigenvalue weighted by molar-refractivity contribution is 5.69. The van der Waals surface area contributed by atoms with Crippen molar-refractivity contribution in [1.82, 2.24) is 0 Å². The minimum Gasteiger partial charge on any atom is -0.497 e. The lowest BCUT2D eigenvalue weighted by Crippen LogP contribution is -2.26. The number of nitrogens with zero attached hydrogens (tertiary/aromatic N) is 1. The number of nitrogen functional groups attached to an aromatic ring is 1. The molecule has 1 aliphatic carbocycles. The standard InChI is InChI=1S/C13H20N2O/c1-3-15(9-10-4-5-10)13-7-6-11(16-2)8-12(13)14/h6-8,10H,3-5,9,14H2,1-2H3. The molecule has 1 aliphatic rings. The number of nitrogens with two attached hydrogens (primary N) is 1. The highest BCUT2D eigenvalue weighted by Gasteiger charge is 2.24. The first-order chi connectivity index (χ1) is 7.74. The molecule has 1 fully saturated rings. The van der Waals surface area contributed by atoms with Gasteiger partial charge in [-0.05, 0) is 37.8 Å². The molecular formula is C13H20N2O. The second kappa shape index (κ2) is 4.64. The summed E-state index contributed by atoms with van der Waals surface area (Å²) in [6.07, 6.45) is 2.74. The zero-order valence-corrected chi connectivity index (χ0v) is 10.1. The van der Waals surface area contributed by atoms with E-state index in [1.807, 2.05) is 12.1 Å². The van der Waals surface area contributed by atoms with Crippen LogP contribution in [0.15, 0.2) is 18.2 Å². The molecule has 2 rings (SSSR count). The van der Waals surface area contributed by atoms with Crippen LogP contribution in [0.25, 0.3) is 0 Å². The average molecular weight is 220 g/mol. The van der Waals surface area contributed by atoms with Gasteiger partial charge in [-0.25, -0.2) is 0 Å². The molecule has 88 valence electrons. The van der Waals surface area contributed by atoms with E-state index < -0.39 is 0 Å². The van der Waals surface area contributed by atoms with Crippen LogP contribution < -0.4 is 15.4 Å². The normalized spacial score (nSPS) is 14.9. The lowest BCUT2D eigenvalue weighted by molar-refractivity contribution is 0.415. The molecule has 1 aromatic carbocycles. The van der Waals surface area contributed by atoms with Gasteiger partial charge in [0.2, 0.25) is 0 Å². The Morgan fingerprint density at radius 3 is 2.69 bits per heavy atom. The number of hydrogen-bond acceptors (Lipinski definition) is 3. The lowest BCUT2D eigenvalue weighted by Gasteiger charge is -2.24. The van der Waals surface area contributed by atoms with Crippen LogP contribution in [0.1, 0.15) is 19.8 Å². The Balaban J connectivity index is 2.15. The van der Waals surface area contributed by atoms with Crippen molar-refractivity contribution >= 4 is 11.4 Å². The zero-order chi connectivity index (χ0) is 11.5. The summed E-state index contributed by atoms with van der Waals surface area (Å²) in [4.78, 5) is 2.35. The van der Waals surface area contributed by atoms with Crippen LogP contribution in [0.2, 0.25) is 0 Å². The topological polar surface area (TPSA) is 38.5 Å². The fourth-order valence-electron chi connectivity index (χ4n) is 1.96. The minimum absolute atomic E-state index is 0.807. The molecule has 0 spiro atoms. The van der Waals surface area contributed by atoms with Gasteiger partial charge in [0.15, 0.2) is 0 Å². The van der Waals surface area contributed by atoms with Crippen molar-refractivity contribution in [2.75, 3.05) is 30.8 Å². The summed E-state index contributed by atoms with van der Waals surface area (Å²) in [5.41, 5.74) is 7.99. The van der Waals surface area contributed by atoms with Crippen LogP contribution in [0.3, 0.4) is 0 Å². The van der Waals surface area contributed by atoms with Crippen LogP contribution in [-0.2, 0) is 0 Å². The third-order valence-corrected chi connectivity index (χ3v) is 3.13. The van der Waals surface area contributed by atoms with Crippen LogP contribution in [0.4, 0.5) is 11.4 Å². The number of benzene rings is 1. The highest BCUT2D eigenvalue weighted by atomic mass is 16.5. The van der Waals surface area contributed by atoms with Crippen molar-refractivity contribution < 1.29 is 4.74 Å². The number of anilines is 2. The van der Waals surface area contributed by atoms with Gasteiger partial charge in [-0.15, -0.1) is 0 Å². The van der Waals surface area contributed by atoms with E-state index in [0.717, 1.165) is 36.1 Å². The van der Waals surface area contributed by atoms with Crippen LogP contribution in [-0.4, -0.2) is 20.2 Å². The van der Waals surface area contributed by atoms with Crippen molar-refractivity contribution in [3.05, 3.63) is 18.2 Å². The van der Waals surface area contributed by atoms with Crippen LogP contribution in [0.5, 0.6) is 5.75 Å². The van der Waals surface area contributed by atoms with Gasteiger partial charge in [0, 0.05) is 19.2 Å². The summed E-state index contributed by atoms with van der Waals surface area (Å²) >= 11 is 0. The summed E-state index contributed by atoms with van der Waals surface area (Å²) in [5, 5.41) is 0.